The molecule has 0 spiro atoms. The molecule has 2 fully saturated rings. The van der Waals surface area contributed by atoms with Crippen LogP contribution in [0.3, 0.4) is 0 Å². The van der Waals surface area contributed by atoms with Gasteiger partial charge in [-0.25, -0.2) is 22.0 Å². The maximum absolute atomic E-state index is 14.9. The minimum atomic E-state index is -1.35. The number of aliphatic hydroxyl groups excluding tert-OH is 1. The Hall–Kier alpha value is -3.04. The number of ether oxygens (including phenoxy) is 2. The molecule has 1 N–H and O–H groups in total. The minimum absolute atomic E-state index is 0.0128. The summed E-state index contributed by atoms with van der Waals surface area (Å²) in [6.07, 6.45) is 1.01. The van der Waals surface area contributed by atoms with Gasteiger partial charge in [0.15, 0.2) is 34.8 Å². The smallest absolute Gasteiger partial charge is 0.201 e. The van der Waals surface area contributed by atoms with Crippen LogP contribution in [0.15, 0.2) is 36.4 Å². The lowest BCUT2D eigenvalue weighted by molar-refractivity contribution is 0.167. The minimum Gasteiger partial charge on any atom is -0.490 e. The van der Waals surface area contributed by atoms with Crippen molar-refractivity contribution >= 4 is 0 Å². The summed E-state index contributed by atoms with van der Waals surface area (Å²) in [5.74, 6) is -7.61. The average molecular weight is 551 g/mol. The van der Waals surface area contributed by atoms with Gasteiger partial charge in [-0.15, -0.1) is 0 Å². The van der Waals surface area contributed by atoms with Gasteiger partial charge in [-0.2, -0.15) is 4.39 Å². The van der Waals surface area contributed by atoms with Crippen molar-refractivity contribution in [2.75, 3.05) is 13.2 Å². The van der Waals surface area contributed by atoms with Crippen molar-refractivity contribution in [3.63, 3.8) is 0 Å². The van der Waals surface area contributed by atoms with E-state index < -0.39 is 58.2 Å². The van der Waals surface area contributed by atoms with E-state index in [2.05, 4.69) is 0 Å². The molecule has 3 aromatic carbocycles. The van der Waals surface area contributed by atoms with Crippen LogP contribution >= 0.6 is 0 Å². The summed E-state index contributed by atoms with van der Waals surface area (Å²) in [6.45, 7) is 2.04. The van der Waals surface area contributed by atoms with Crippen molar-refractivity contribution in [3.05, 3.63) is 88.0 Å². The molecule has 1 saturated heterocycles. The van der Waals surface area contributed by atoms with Gasteiger partial charge in [0.25, 0.3) is 0 Å². The van der Waals surface area contributed by atoms with Gasteiger partial charge in [0.2, 0.25) is 5.82 Å². The highest BCUT2D eigenvalue weighted by molar-refractivity contribution is 5.66. The fraction of sp³-hybridized carbons (Fsp3) is 0.400. The zero-order valence-electron chi connectivity index (χ0n) is 21.3. The molecular formula is C30H28F6O3. The van der Waals surface area contributed by atoms with Crippen LogP contribution in [0.25, 0.3) is 11.1 Å². The molecule has 1 heterocycles. The Morgan fingerprint density at radius 3 is 2.00 bits per heavy atom. The Balaban J connectivity index is 1.22. The normalized spacial score (nSPS) is 21.6. The Labute approximate surface area is 222 Å². The van der Waals surface area contributed by atoms with Gasteiger partial charge < -0.3 is 14.6 Å². The van der Waals surface area contributed by atoms with Gasteiger partial charge >= 0.3 is 0 Å². The second kappa shape index (κ2) is 11.2. The van der Waals surface area contributed by atoms with Crippen molar-refractivity contribution in [2.45, 2.75) is 57.2 Å². The van der Waals surface area contributed by atoms with Crippen molar-refractivity contribution in [3.8, 4) is 16.9 Å². The van der Waals surface area contributed by atoms with Gasteiger partial charge in [0.1, 0.15) is 6.10 Å². The maximum atomic E-state index is 14.9. The lowest BCUT2D eigenvalue weighted by Gasteiger charge is -2.29. The zero-order valence-corrected chi connectivity index (χ0v) is 21.3. The molecule has 1 aliphatic carbocycles. The van der Waals surface area contributed by atoms with Crippen LogP contribution < -0.4 is 4.74 Å². The number of rotatable bonds is 8. The van der Waals surface area contributed by atoms with E-state index in [-0.39, 0.29) is 53.9 Å². The topological polar surface area (TPSA) is 42.0 Å². The summed E-state index contributed by atoms with van der Waals surface area (Å²) >= 11 is 0. The SMILES string of the molecule is CCC(O)c1ccc(C2CCC(COc3ccc(-c4ccc(C5CO5)c(F)c4F)c(F)c3F)CC2)c(F)c1F. The number of hydrogen-bond acceptors (Lipinski definition) is 3. The van der Waals surface area contributed by atoms with E-state index in [1.54, 1.807) is 6.92 Å². The zero-order chi connectivity index (χ0) is 27.8. The Bertz CT molecular complexity index is 1370. The molecule has 2 aliphatic rings. The van der Waals surface area contributed by atoms with Crippen molar-refractivity contribution in [1.29, 1.82) is 0 Å². The van der Waals surface area contributed by atoms with E-state index in [1.165, 1.54) is 30.3 Å². The Morgan fingerprint density at radius 2 is 1.36 bits per heavy atom. The highest BCUT2D eigenvalue weighted by atomic mass is 19.2. The van der Waals surface area contributed by atoms with E-state index in [1.807, 2.05) is 0 Å². The van der Waals surface area contributed by atoms with Crippen LogP contribution in [0.1, 0.15) is 73.8 Å². The van der Waals surface area contributed by atoms with Crippen LogP contribution in [0, 0.1) is 40.8 Å². The first-order valence-corrected chi connectivity index (χ1v) is 13.1. The number of halogens is 6. The van der Waals surface area contributed by atoms with E-state index in [4.69, 9.17) is 9.47 Å². The highest BCUT2D eigenvalue weighted by Gasteiger charge is 2.31. The molecule has 208 valence electrons. The van der Waals surface area contributed by atoms with Gasteiger partial charge in [-0.05, 0) is 61.6 Å². The Morgan fingerprint density at radius 1 is 0.769 bits per heavy atom. The molecule has 3 nitrogen and oxygen atoms in total. The molecule has 0 bridgehead atoms. The molecule has 1 aliphatic heterocycles. The quantitative estimate of drug-likeness (QED) is 0.228. The van der Waals surface area contributed by atoms with E-state index in [0.717, 1.165) is 6.07 Å². The largest absolute Gasteiger partial charge is 0.490 e. The molecule has 2 unspecified atom stereocenters. The monoisotopic (exact) mass is 550 g/mol. The van der Waals surface area contributed by atoms with Crippen LogP contribution in [0.4, 0.5) is 26.3 Å². The summed E-state index contributed by atoms with van der Waals surface area (Å²) in [5.41, 5.74) is -0.583. The number of hydrogen-bond donors (Lipinski definition) is 1. The summed E-state index contributed by atoms with van der Waals surface area (Å²) < 4.78 is 98.3. The van der Waals surface area contributed by atoms with Crippen LogP contribution in [-0.4, -0.2) is 18.3 Å². The number of benzene rings is 3. The van der Waals surface area contributed by atoms with Crippen LogP contribution in [-0.2, 0) is 4.74 Å². The third kappa shape index (κ3) is 5.39. The van der Waals surface area contributed by atoms with Crippen LogP contribution in [0.5, 0.6) is 5.75 Å². The molecule has 9 heteroatoms. The predicted molar refractivity (Wildman–Crippen MR) is 132 cm³/mol. The molecule has 0 radical (unpaired) electrons. The van der Waals surface area contributed by atoms with Gasteiger partial charge in [-0.3, -0.25) is 0 Å². The molecule has 0 amide bonds. The van der Waals surface area contributed by atoms with Gasteiger partial charge in [0, 0.05) is 22.3 Å². The molecule has 3 aromatic rings. The lowest BCUT2D eigenvalue weighted by atomic mass is 9.78. The molecular weight excluding hydrogens is 522 g/mol. The third-order valence-electron chi connectivity index (χ3n) is 7.78. The van der Waals surface area contributed by atoms with Gasteiger partial charge in [0.05, 0.1) is 19.3 Å². The second-order valence-corrected chi connectivity index (χ2v) is 10.2. The molecule has 1 saturated carbocycles. The summed E-state index contributed by atoms with van der Waals surface area (Å²) in [7, 11) is 0. The molecule has 39 heavy (non-hydrogen) atoms. The highest BCUT2D eigenvalue weighted by Crippen LogP contribution is 2.40. The summed E-state index contributed by atoms with van der Waals surface area (Å²) in [6, 6.07) is 7.77. The number of epoxide rings is 1. The maximum Gasteiger partial charge on any atom is 0.201 e. The first-order chi connectivity index (χ1) is 18.7. The third-order valence-corrected chi connectivity index (χ3v) is 7.78. The lowest BCUT2D eigenvalue weighted by Crippen LogP contribution is -2.20. The first-order valence-electron chi connectivity index (χ1n) is 13.1. The van der Waals surface area contributed by atoms with Crippen molar-refractivity contribution in [1.82, 2.24) is 0 Å². The van der Waals surface area contributed by atoms with E-state index >= 15 is 0 Å². The Kier molecular flexibility index (Phi) is 7.91. The second-order valence-electron chi connectivity index (χ2n) is 10.2. The molecule has 0 aromatic heterocycles. The van der Waals surface area contributed by atoms with Crippen LogP contribution in [0.2, 0.25) is 0 Å². The van der Waals surface area contributed by atoms with E-state index in [9.17, 15) is 31.4 Å². The summed E-state index contributed by atoms with van der Waals surface area (Å²) in [4.78, 5) is 0. The summed E-state index contributed by atoms with van der Waals surface area (Å²) in [5, 5.41) is 9.88. The van der Waals surface area contributed by atoms with Crippen molar-refractivity contribution in [2.24, 2.45) is 5.92 Å². The fourth-order valence-corrected chi connectivity index (χ4v) is 5.32. The predicted octanol–water partition coefficient (Wildman–Crippen LogP) is 8.06. The average Bonchev–Trinajstić information content (AvgIpc) is 3.78. The fourth-order valence-electron chi connectivity index (χ4n) is 5.32. The molecule has 2 atom stereocenters. The van der Waals surface area contributed by atoms with E-state index in [0.29, 0.717) is 25.7 Å². The first kappa shape index (κ1) is 27.5. The van der Waals surface area contributed by atoms with Crippen molar-refractivity contribution < 1.29 is 40.9 Å². The number of aliphatic hydroxyl groups is 1. The standard InChI is InChI=1S/C30H28F6O3/c1-2-22(37)20-9-7-17(25(31)28(20)34)16-5-3-15(4-6-16)13-38-23-12-11-19(27(33)30(23)36)18-8-10-21(24-14-39-24)29(35)26(18)32/h7-12,15-16,22,24,37H,2-6,13-14H2,1H3. The van der Waals surface area contributed by atoms with Gasteiger partial charge in [-0.1, -0.05) is 31.2 Å². The molecule has 5 rings (SSSR count).